The van der Waals surface area contributed by atoms with Crippen molar-refractivity contribution in [2.24, 2.45) is 0 Å². The topological polar surface area (TPSA) is 54.4 Å². The Hall–Kier alpha value is -1.72. The van der Waals surface area contributed by atoms with Crippen molar-refractivity contribution in [3.05, 3.63) is 65.5 Å². The molecule has 2 aromatic carbocycles. The summed E-state index contributed by atoms with van der Waals surface area (Å²) in [6.45, 7) is 0. The minimum atomic E-state index is -4.17. The summed E-state index contributed by atoms with van der Waals surface area (Å²) >= 11 is 0. The fourth-order valence-corrected chi connectivity index (χ4v) is 2.12. The zero-order valence-electron chi connectivity index (χ0n) is 9.38. The van der Waals surface area contributed by atoms with Crippen LogP contribution in [0.1, 0.15) is 11.1 Å². The van der Waals surface area contributed by atoms with Gasteiger partial charge in [-0.3, -0.25) is 4.55 Å². The molecule has 0 radical (unpaired) electrons. The van der Waals surface area contributed by atoms with E-state index < -0.39 is 10.1 Å². The van der Waals surface area contributed by atoms with E-state index in [1.807, 2.05) is 0 Å². The van der Waals surface area contributed by atoms with Crippen molar-refractivity contribution in [1.29, 1.82) is 0 Å². The summed E-state index contributed by atoms with van der Waals surface area (Å²) in [5.74, 6) is -0.295. The molecule has 2 rings (SSSR count). The molecular formula is C13H11FO3S. The van der Waals surface area contributed by atoms with Gasteiger partial charge in [0, 0.05) is 6.42 Å². The highest BCUT2D eigenvalue weighted by Gasteiger charge is 2.09. The van der Waals surface area contributed by atoms with Gasteiger partial charge < -0.3 is 0 Å². The fraction of sp³-hybridized carbons (Fsp3) is 0.0769. The highest BCUT2D eigenvalue weighted by atomic mass is 32.2. The van der Waals surface area contributed by atoms with Crippen LogP contribution in [0.15, 0.2) is 53.4 Å². The third kappa shape index (κ3) is 2.94. The number of benzene rings is 2. The molecule has 0 heterocycles. The van der Waals surface area contributed by atoms with Crippen LogP contribution in [-0.2, 0) is 16.5 Å². The van der Waals surface area contributed by atoms with E-state index in [-0.39, 0.29) is 10.7 Å². The van der Waals surface area contributed by atoms with Gasteiger partial charge >= 0.3 is 0 Å². The number of hydrogen-bond donors (Lipinski definition) is 1. The summed E-state index contributed by atoms with van der Waals surface area (Å²) < 4.78 is 43.9. The van der Waals surface area contributed by atoms with Crippen molar-refractivity contribution in [1.82, 2.24) is 0 Å². The van der Waals surface area contributed by atoms with Gasteiger partial charge in [0.2, 0.25) is 0 Å². The lowest BCUT2D eigenvalue weighted by atomic mass is 10.0. The normalized spacial score (nSPS) is 11.4. The monoisotopic (exact) mass is 266 g/mol. The average molecular weight is 266 g/mol. The van der Waals surface area contributed by atoms with Crippen molar-refractivity contribution < 1.29 is 17.4 Å². The molecule has 0 aliphatic heterocycles. The lowest BCUT2D eigenvalue weighted by Gasteiger charge is -2.04. The van der Waals surface area contributed by atoms with Crippen molar-refractivity contribution in [3.63, 3.8) is 0 Å². The van der Waals surface area contributed by atoms with Gasteiger partial charge in [0.15, 0.2) is 0 Å². The predicted molar refractivity (Wildman–Crippen MR) is 65.5 cm³/mol. The molecule has 3 nitrogen and oxygen atoms in total. The molecule has 0 unspecified atom stereocenters. The summed E-state index contributed by atoms with van der Waals surface area (Å²) in [7, 11) is -4.17. The Labute approximate surface area is 105 Å². The first kappa shape index (κ1) is 12.7. The second-order valence-corrected chi connectivity index (χ2v) is 5.31. The second-order valence-electron chi connectivity index (χ2n) is 3.89. The number of rotatable bonds is 3. The first-order valence-electron chi connectivity index (χ1n) is 5.26. The minimum Gasteiger partial charge on any atom is -0.282 e. The lowest BCUT2D eigenvalue weighted by Crippen LogP contribution is -1.98. The molecule has 0 atom stereocenters. The highest BCUT2D eigenvalue weighted by molar-refractivity contribution is 7.85. The van der Waals surface area contributed by atoms with Gasteiger partial charge in [-0.2, -0.15) is 8.42 Å². The number of hydrogen-bond acceptors (Lipinski definition) is 2. The van der Waals surface area contributed by atoms with Crippen LogP contribution in [0.5, 0.6) is 0 Å². The van der Waals surface area contributed by atoms with E-state index in [0.29, 0.717) is 12.0 Å². The lowest BCUT2D eigenvalue weighted by molar-refractivity contribution is 0.483. The average Bonchev–Trinajstić information content (AvgIpc) is 2.32. The Bertz CT molecular complexity index is 648. The van der Waals surface area contributed by atoms with Crippen LogP contribution in [-0.4, -0.2) is 13.0 Å². The molecule has 0 bridgehead atoms. The van der Waals surface area contributed by atoms with Gasteiger partial charge in [0.05, 0.1) is 4.90 Å². The molecule has 0 spiro atoms. The van der Waals surface area contributed by atoms with E-state index in [1.165, 1.54) is 18.2 Å². The van der Waals surface area contributed by atoms with E-state index in [0.717, 1.165) is 5.56 Å². The first-order chi connectivity index (χ1) is 8.47. The van der Waals surface area contributed by atoms with Crippen LogP contribution in [0.25, 0.3) is 0 Å². The maximum atomic E-state index is 13.4. The Morgan fingerprint density at radius 3 is 2.17 bits per heavy atom. The largest absolute Gasteiger partial charge is 0.294 e. The highest BCUT2D eigenvalue weighted by Crippen LogP contribution is 2.15. The zero-order chi connectivity index (χ0) is 13.2. The minimum absolute atomic E-state index is 0.167. The van der Waals surface area contributed by atoms with Crippen LogP contribution in [0.3, 0.4) is 0 Å². The van der Waals surface area contributed by atoms with Gasteiger partial charge in [-0.25, -0.2) is 4.39 Å². The van der Waals surface area contributed by atoms with Gasteiger partial charge in [-0.15, -0.1) is 0 Å². The SMILES string of the molecule is O=S(=O)(O)c1ccc(Cc2ccccc2F)cc1. The molecule has 0 saturated carbocycles. The van der Waals surface area contributed by atoms with Gasteiger partial charge in [0.1, 0.15) is 5.82 Å². The Morgan fingerprint density at radius 1 is 1.00 bits per heavy atom. The second kappa shape index (κ2) is 4.88. The van der Waals surface area contributed by atoms with E-state index >= 15 is 0 Å². The molecule has 18 heavy (non-hydrogen) atoms. The quantitative estimate of drug-likeness (QED) is 0.869. The summed E-state index contributed by atoms with van der Waals surface area (Å²) in [4.78, 5) is -0.167. The fourth-order valence-electron chi connectivity index (χ4n) is 1.64. The third-order valence-corrected chi connectivity index (χ3v) is 3.44. The predicted octanol–water partition coefficient (Wildman–Crippen LogP) is 2.66. The molecule has 0 amide bonds. The molecule has 2 aromatic rings. The standard InChI is InChI=1S/C13H11FO3S/c14-13-4-2-1-3-11(13)9-10-5-7-12(8-6-10)18(15,16)17/h1-8H,9H2,(H,15,16,17). The molecule has 0 aliphatic rings. The van der Waals surface area contributed by atoms with Crippen molar-refractivity contribution >= 4 is 10.1 Å². The Morgan fingerprint density at radius 2 is 1.61 bits per heavy atom. The van der Waals surface area contributed by atoms with Crippen molar-refractivity contribution in [3.8, 4) is 0 Å². The molecule has 1 N–H and O–H groups in total. The molecular weight excluding hydrogens is 255 g/mol. The smallest absolute Gasteiger partial charge is 0.282 e. The molecule has 0 fully saturated rings. The van der Waals surface area contributed by atoms with E-state index in [9.17, 15) is 12.8 Å². The van der Waals surface area contributed by atoms with Crippen molar-refractivity contribution in [2.45, 2.75) is 11.3 Å². The number of halogens is 1. The molecule has 0 saturated heterocycles. The summed E-state index contributed by atoms with van der Waals surface area (Å²) in [6.07, 6.45) is 0.373. The Balaban J connectivity index is 2.24. The summed E-state index contributed by atoms with van der Waals surface area (Å²) in [5.41, 5.74) is 1.31. The molecule has 94 valence electrons. The van der Waals surface area contributed by atoms with Crippen LogP contribution >= 0.6 is 0 Å². The molecule has 0 aromatic heterocycles. The Kier molecular flexibility index (Phi) is 3.45. The van der Waals surface area contributed by atoms with Crippen LogP contribution in [0, 0.1) is 5.82 Å². The van der Waals surface area contributed by atoms with Crippen LogP contribution in [0.4, 0.5) is 4.39 Å². The molecule has 0 aliphatic carbocycles. The van der Waals surface area contributed by atoms with E-state index in [4.69, 9.17) is 4.55 Å². The van der Waals surface area contributed by atoms with Gasteiger partial charge in [0.25, 0.3) is 10.1 Å². The zero-order valence-corrected chi connectivity index (χ0v) is 10.2. The van der Waals surface area contributed by atoms with E-state index in [2.05, 4.69) is 0 Å². The van der Waals surface area contributed by atoms with Crippen LogP contribution in [0.2, 0.25) is 0 Å². The van der Waals surface area contributed by atoms with Gasteiger partial charge in [-0.05, 0) is 29.3 Å². The maximum absolute atomic E-state index is 13.4. The van der Waals surface area contributed by atoms with Crippen molar-refractivity contribution in [2.75, 3.05) is 0 Å². The summed E-state index contributed by atoms with van der Waals surface area (Å²) in [5, 5.41) is 0. The summed E-state index contributed by atoms with van der Waals surface area (Å²) in [6, 6.07) is 12.1. The van der Waals surface area contributed by atoms with Crippen LogP contribution < -0.4 is 0 Å². The van der Waals surface area contributed by atoms with Gasteiger partial charge in [-0.1, -0.05) is 30.3 Å². The van der Waals surface area contributed by atoms with E-state index in [1.54, 1.807) is 30.3 Å². The first-order valence-corrected chi connectivity index (χ1v) is 6.70. The third-order valence-electron chi connectivity index (χ3n) is 2.57. The molecule has 5 heteroatoms. The maximum Gasteiger partial charge on any atom is 0.294 e.